The van der Waals surface area contributed by atoms with Gasteiger partial charge in [0.05, 0.1) is 23.5 Å². The van der Waals surface area contributed by atoms with Gasteiger partial charge < -0.3 is 20.4 Å². The van der Waals surface area contributed by atoms with Crippen LogP contribution in [-0.4, -0.2) is 44.6 Å². The van der Waals surface area contributed by atoms with Crippen molar-refractivity contribution in [3.05, 3.63) is 12.2 Å². The zero-order chi connectivity index (χ0) is 19.2. The van der Waals surface area contributed by atoms with Crippen molar-refractivity contribution in [2.45, 2.75) is 58.2 Å². The van der Waals surface area contributed by atoms with E-state index >= 15 is 0 Å². The molecule has 4 rings (SSSR count). The SMILES string of the molecule is C=C1C[C@]23C[C@H]1[C@H](O)C[C@H]2[C@]1(C)C[C@H](O)C[C@@](C)(C(=O)O)[C@H]1[C@@H]3C(=O)O. The van der Waals surface area contributed by atoms with E-state index in [1.807, 2.05) is 6.92 Å². The number of hydrogen-bond acceptors (Lipinski definition) is 4. The molecule has 0 heterocycles. The molecule has 26 heavy (non-hydrogen) atoms. The average Bonchev–Trinajstić information content (AvgIpc) is 2.91. The highest BCUT2D eigenvalue weighted by atomic mass is 16.4. The Hall–Kier alpha value is -1.40. The van der Waals surface area contributed by atoms with Crippen molar-refractivity contribution >= 4 is 11.9 Å². The molecule has 0 aromatic heterocycles. The first-order chi connectivity index (χ1) is 12.0. The number of carboxylic acids is 2. The van der Waals surface area contributed by atoms with Crippen LogP contribution in [0.25, 0.3) is 0 Å². The molecule has 0 aliphatic heterocycles. The molecule has 9 atom stereocenters. The molecule has 0 aromatic carbocycles. The lowest BCUT2D eigenvalue weighted by Crippen LogP contribution is -2.54. The third kappa shape index (κ3) is 1.89. The van der Waals surface area contributed by atoms with Crippen molar-refractivity contribution in [1.29, 1.82) is 0 Å². The number of fused-ring (bicyclic) bond motifs is 3. The maximum atomic E-state index is 12.5. The summed E-state index contributed by atoms with van der Waals surface area (Å²) < 4.78 is 0. The van der Waals surface area contributed by atoms with Crippen molar-refractivity contribution in [3.63, 3.8) is 0 Å². The third-order valence-electron chi connectivity index (χ3n) is 8.55. The summed E-state index contributed by atoms with van der Waals surface area (Å²) in [4.78, 5) is 24.7. The minimum Gasteiger partial charge on any atom is -0.481 e. The summed E-state index contributed by atoms with van der Waals surface area (Å²) in [6.45, 7) is 7.65. The standard InChI is InChI=1S/C20H28O6/c1-9-5-20-8-11(9)12(22)4-13(20)18(2)6-10(21)7-19(3,17(25)26)15(18)14(20)16(23)24/h10-15,21-22H,1,4-8H2,2-3H3,(H,23,24)(H,25,26)/t10-,11+,12+,13-,14+,15-,18-,19+,20-/m0/s1. The molecule has 0 aromatic rings. The van der Waals surface area contributed by atoms with Crippen molar-refractivity contribution in [2.24, 2.45) is 39.9 Å². The van der Waals surface area contributed by atoms with E-state index in [1.165, 1.54) is 0 Å². The molecule has 0 radical (unpaired) electrons. The number of aliphatic hydroxyl groups excluding tert-OH is 2. The lowest BCUT2D eigenvalue weighted by Gasteiger charge is -2.52. The molecule has 4 N–H and O–H groups in total. The Labute approximate surface area is 152 Å². The average molecular weight is 364 g/mol. The van der Waals surface area contributed by atoms with E-state index in [-0.39, 0.29) is 18.3 Å². The normalized spacial score (nSPS) is 55.3. The number of hydrogen-bond donors (Lipinski definition) is 4. The summed E-state index contributed by atoms with van der Waals surface area (Å²) in [5, 5.41) is 41.4. The van der Waals surface area contributed by atoms with Crippen LogP contribution >= 0.6 is 0 Å². The lowest BCUT2D eigenvalue weighted by molar-refractivity contribution is -0.173. The Bertz CT molecular complexity index is 702. The molecule has 4 saturated carbocycles. The molecule has 144 valence electrons. The Morgan fingerprint density at radius 1 is 1.12 bits per heavy atom. The zero-order valence-electron chi connectivity index (χ0n) is 15.3. The first kappa shape index (κ1) is 18.0. The van der Waals surface area contributed by atoms with E-state index in [4.69, 9.17) is 0 Å². The minimum absolute atomic E-state index is 0.0715. The molecular weight excluding hydrogens is 336 g/mol. The van der Waals surface area contributed by atoms with Gasteiger partial charge in [-0.3, -0.25) is 9.59 Å². The highest BCUT2D eigenvalue weighted by Gasteiger charge is 2.76. The van der Waals surface area contributed by atoms with E-state index < -0.39 is 52.2 Å². The summed E-state index contributed by atoms with van der Waals surface area (Å²) in [6.07, 6.45) is 0.677. The van der Waals surface area contributed by atoms with Gasteiger partial charge in [0.25, 0.3) is 0 Å². The largest absolute Gasteiger partial charge is 0.481 e. The van der Waals surface area contributed by atoms with Crippen LogP contribution in [0.5, 0.6) is 0 Å². The number of aliphatic hydroxyl groups is 2. The number of carboxylic acid groups (broad SMARTS) is 2. The van der Waals surface area contributed by atoms with Gasteiger partial charge in [-0.2, -0.15) is 0 Å². The van der Waals surface area contributed by atoms with Gasteiger partial charge in [-0.25, -0.2) is 0 Å². The zero-order valence-corrected chi connectivity index (χ0v) is 15.3. The first-order valence-corrected chi connectivity index (χ1v) is 9.47. The van der Waals surface area contributed by atoms with Crippen LogP contribution in [0, 0.1) is 39.9 Å². The second kappa shape index (κ2) is 5.10. The van der Waals surface area contributed by atoms with E-state index in [0.717, 1.165) is 5.57 Å². The lowest BCUT2D eigenvalue weighted by atomic mass is 9.52. The van der Waals surface area contributed by atoms with Gasteiger partial charge in [0, 0.05) is 5.92 Å². The van der Waals surface area contributed by atoms with Gasteiger partial charge in [-0.1, -0.05) is 19.1 Å². The molecule has 2 bridgehead atoms. The fraction of sp³-hybridized carbons (Fsp3) is 0.800. The predicted molar refractivity (Wildman–Crippen MR) is 92.1 cm³/mol. The molecule has 0 saturated heterocycles. The van der Waals surface area contributed by atoms with Gasteiger partial charge in [-0.15, -0.1) is 0 Å². The van der Waals surface area contributed by atoms with Gasteiger partial charge in [0.2, 0.25) is 0 Å². The Morgan fingerprint density at radius 3 is 2.35 bits per heavy atom. The molecule has 4 aliphatic carbocycles. The van der Waals surface area contributed by atoms with Gasteiger partial charge in [-0.05, 0) is 61.7 Å². The van der Waals surface area contributed by atoms with Crippen LogP contribution in [0.15, 0.2) is 12.2 Å². The molecule has 4 aliphatic rings. The highest BCUT2D eigenvalue weighted by molar-refractivity contribution is 5.79. The maximum Gasteiger partial charge on any atom is 0.309 e. The van der Waals surface area contributed by atoms with Gasteiger partial charge in [0.1, 0.15) is 0 Å². The van der Waals surface area contributed by atoms with Crippen LogP contribution in [-0.2, 0) is 9.59 Å². The smallest absolute Gasteiger partial charge is 0.309 e. The Kier molecular flexibility index (Phi) is 3.53. The Morgan fingerprint density at radius 2 is 1.77 bits per heavy atom. The molecule has 4 fully saturated rings. The van der Waals surface area contributed by atoms with Crippen LogP contribution < -0.4 is 0 Å². The number of rotatable bonds is 2. The fourth-order valence-electron chi connectivity index (χ4n) is 7.97. The summed E-state index contributed by atoms with van der Waals surface area (Å²) in [6, 6.07) is 0. The summed E-state index contributed by atoms with van der Waals surface area (Å²) in [5.41, 5.74) is -1.60. The molecular formula is C20H28O6. The number of carbonyl (C=O) groups is 2. The van der Waals surface area contributed by atoms with Crippen molar-refractivity contribution < 1.29 is 30.0 Å². The van der Waals surface area contributed by atoms with E-state index in [1.54, 1.807) is 6.92 Å². The maximum absolute atomic E-state index is 12.5. The van der Waals surface area contributed by atoms with E-state index in [0.29, 0.717) is 25.7 Å². The summed E-state index contributed by atoms with van der Waals surface area (Å²) >= 11 is 0. The van der Waals surface area contributed by atoms with Crippen LogP contribution in [0.4, 0.5) is 0 Å². The van der Waals surface area contributed by atoms with Crippen LogP contribution in [0.2, 0.25) is 0 Å². The van der Waals surface area contributed by atoms with E-state index in [2.05, 4.69) is 6.58 Å². The molecule has 0 amide bonds. The summed E-state index contributed by atoms with van der Waals surface area (Å²) in [7, 11) is 0. The topological polar surface area (TPSA) is 115 Å². The van der Waals surface area contributed by atoms with Crippen LogP contribution in [0.3, 0.4) is 0 Å². The fourth-order valence-corrected chi connectivity index (χ4v) is 7.97. The molecule has 1 spiro atoms. The predicted octanol–water partition coefficient (Wildman–Crippen LogP) is 1.90. The molecule has 6 heteroatoms. The monoisotopic (exact) mass is 364 g/mol. The van der Waals surface area contributed by atoms with Gasteiger partial charge >= 0.3 is 11.9 Å². The third-order valence-corrected chi connectivity index (χ3v) is 8.55. The van der Waals surface area contributed by atoms with Gasteiger partial charge in [0.15, 0.2) is 0 Å². The molecule has 0 unspecified atom stereocenters. The molecule has 6 nitrogen and oxygen atoms in total. The van der Waals surface area contributed by atoms with Crippen LogP contribution in [0.1, 0.15) is 46.0 Å². The second-order valence-corrected chi connectivity index (χ2v) is 9.82. The quantitative estimate of drug-likeness (QED) is 0.556. The van der Waals surface area contributed by atoms with Crippen molar-refractivity contribution in [2.75, 3.05) is 0 Å². The van der Waals surface area contributed by atoms with Crippen molar-refractivity contribution in [3.8, 4) is 0 Å². The summed E-state index contributed by atoms with van der Waals surface area (Å²) in [5.74, 6) is -3.58. The minimum atomic E-state index is -1.30. The highest BCUT2D eigenvalue weighted by Crippen LogP contribution is 2.77. The Balaban J connectivity index is 1.95. The number of aliphatic carboxylic acids is 2. The van der Waals surface area contributed by atoms with Crippen molar-refractivity contribution in [1.82, 2.24) is 0 Å². The van der Waals surface area contributed by atoms with E-state index in [9.17, 15) is 30.0 Å². The first-order valence-electron chi connectivity index (χ1n) is 9.47. The second-order valence-electron chi connectivity index (χ2n) is 9.82.